The second-order valence-electron chi connectivity index (χ2n) is 8.94. The standard InChI is InChI=1S/C27H29NO5/c1-3-4-12-31-19-8-5-7-18(15-19)24-23-25(29)21-14-17(2)10-11-22(21)33-26(23)27(30)28(24)16-20-9-6-13-32-20/h5,7-8,10-11,14-15,20,24H,3-4,6,9,12-13,16H2,1-2H3. The predicted octanol–water partition coefficient (Wildman–Crippen LogP) is 5.00. The molecule has 6 nitrogen and oxygen atoms in total. The van der Waals surface area contributed by atoms with E-state index in [0.29, 0.717) is 36.3 Å². The molecule has 0 aliphatic carbocycles. The van der Waals surface area contributed by atoms with E-state index < -0.39 is 6.04 Å². The van der Waals surface area contributed by atoms with Crippen LogP contribution in [0.25, 0.3) is 11.0 Å². The molecule has 1 fully saturated rings. The molecule has 1 saturated heterocycles. The van der Waals surface area contributed by atoms with Gasteiger partial charge in [0.15, 0.2) is 5.43 Å². The summed E-state index contributed by atoms with van der Waals surface area (Å²) in [5, 5.41) is 0.501. The van der Waals surface area contributed by atoms with Crippen LogP contribution in [0.5, 0.6) is 5.75 Å². The van der Waals surface area contributed by atoms with Gasteiger partial charge in [0.05, 0.1) is 29.7 Å². The summed E-state index contributed by atoms with van der Waals surface area (Å²) in [4.78, 5) is 29.0. The Morgan fingerprint density at radius 2 is 2.03 bits per heavy atom. The van der Waals surface area contributed by atoms with Gasteiger partial charge >= 0.3 is 0 Å². The summed E-state index contributed by atoms with van der Waals surface area (Å²) in [5.41, 5.74) is 2.50. The molecular weight excluding hydrogens is 418 g/mol. The molecule has 6 heteroatoms. The van der Waals surface area contributed by atoms with Crippen LogP contribution in [0.3, 0.4) is 0 Å². The molecule has 33 heavy (non-hydrogen) atoms. The molecule has 0 spiro atoms. The highest BCUT2D eigenvalue weighted by Gasteiger charge is 2.44. The van der Waals surface area contributed by atoms with E-state index in [1.807, 2.05) is 43.3 Å². The third-order valence-corrected chi connectivity index (χ3v) is 6.49. The molecule has 0 bridgehead atoms. The maximum atomic E-state index is 13.7. The van der Waals surface area contributed by atoms with Crippen LogP contribution in [0.2, 0.25) is 0 Å². The first-order valence-electron chi connectivity index (χ1n) is 11.8. The minimum absolute atomic E-state index is 0.0403. The quantitative estimate of drug-likeness (QED) is 0.477. The van der Waals surface area contributed by atoms with E-state index in [-0.39, 0.29) is 23.2 Å². The van der Waals surface area contributed by atoms with Crippen molar-refractivity contribution < 1.29 is 18.7 Å². The minimum Gasteiger partial charge on any atom is -0.494 e. The van der Waals surface area contributed by atoms with Gasteiger partial charge in [0.2, 0.25) is 5.76 Å². The molecule has 1 aromatic heterocycles. The lowest BCUT2D eigenvalue weighted by molar-refractivity contribution is 0.0486. The molecule has 0 N–H and O–H groups in total. The van der Waals surface area contributed by atoms with Crippen molar-refractivity contribution in [2.24, 2.45) is 0 Å². The third-order valence-electron chi connectivity index (χ3n) is 6.49. The fraction of sp³-hybridized carbons (Fsp3) is 0.407. The number of carbonyl (C=O) groups is 1. The first-order chi connectivity index (χ1) is 16.1. The van der Waals surface area contributed by atoms with E-state index in [9.17, 15) is 9.59 Å². The normalized spacial score (nSPS) is 19.9. The van der Waals surface area contributed by atoms with Crippen molar-refractivity contribution in [1.82, 2.24) is 4.90 Å². The van der Waals surface area contributed by atoms with Gasteiger partial charge in [-0.3, -0.25) is 9.59 Å². The summed E-state index contributed by atoms with van der Waals surface area (Å²) >= 11 is 0. The average Bonchev–Trinajstić information content (AvgIpc) is 3.42. The highest BCUT2D eigenvalue weighted by Crippen LogP contribution is 2.39. The monoisotopic (exact) mass is 447 g/mol. The number of aryl methyl sites for hydroxylation is 1. The Kier molecular flexibility index (Phi) is 5.94. The summed E-state index contributed by atoms with van der Waals surface area (Å²) in [5.74, 6) is 0.610. The molecule has 2 unspecified atom stereocenters. The second-order valence-corrected chi connectivity index (χ2v) is 8.94. The zero-order valence-corrected chi connectivity index (χ0v) is 19.1. The van der Waals surface area contributed by atoms with Gasteiger partial charge in [-0.1, -0.05) is 37.1 Å². The van der Waals surface area contributed by atoms with E-state index in [0.717, 1.165) is 42.6 Å². The molecule has 3 heterocycles. The zero-order valence-electron chi connectivity index (χ0n) is 19.1. The van der Waals surface area contributed by atoms with Crippen LogP contribution in [0.4, 0.5) is 0 Å². The van der Waals surface area contributed by atoms with Crippen LogP contribution >= 0.6 is 0 Å². The molecule has 2 aromatic carbocycles. The van der Waals surface area contributed by atoms with Gasteiger partial charge in [0.25, 0.3) is 5.91 Å². The number of rotatable bonds is 7. The molecule has 2 aliphatic heterocycles. The molecule has 0 saturated carbocycles. The SMILES string of the molecule is CCCCOc1cccc(C2c3c(oc4ccc(C)cc4c3=O)C(=O)N2CC2CCCO2)c1. The smallest absolute Gasteiger partial charge is 0.291 e. The predicted molar refractivity (Wildman–Crippen MR) is 126 cm³/mol. The number of unbranched alkanes of at least 4 members (excludes halogenated alkanes) is 1. The van der Waals surface area contributed by atoms with Crippen LogP contribution in [-0.2, 0) is 4.74 Å². The Morgan fingerprint density at radius 1 is 1.15 bits per heavy atom. The summed E-state index contributed by atoms with van der Waals surface area (Å²) < 4.78 is 17.8. The van der Waals surface area contributed by atoms with Gasteiger partial charge in [-0.2, -0.15) is 0 Å². The summed E-state index contributed by atoms with van der Waals surface area (Å²) in [6, 6.07) is 12.6. The Labute approximate surface area is 193 Å². The first-order valence-corrected chi connectivity index (χ1v) is 11.8. The van der Waals surface area contributed by atoms with Crippen LogP contribution in [0.15, 0.2) is 51.7 Å². The molecule has 0 radical (unpaired) electrons. The van der Waals surface area contributed by atoms with E-state index in [1.54, 1.807) is 11.0 Å². The van der Waals surface area contributed by atoms with Gasteiger partial charge in [-0.05, 0) is 56.0 Å². The summed E-state index contributed by atoms with van der Waals surface area (Å²) in [6.45, 7) is 5.81. The van der Waals surface area contributed by atoms with Gasteiger partial charge in [-0.25, -0.2) is 0 Å². The lowest BCUT2D eigenvalue weighted by Gasteiger charge is -2.27. The van der Waals surface area contributed by atoms with Gasteiger partial charge in [0, 0.05) is 13.2 Å². The Balaban J connectivity index is 1.62. The number of fused-ring (bicyclic) bond motifs is 2. The lowest BCUT2D eigenvalue weighted by atomic mass is 9.97. The first kappa shape index (κ1) is 21.7. The number of nitrogens with zero attached hydrogens (tertiary/aromatic N) is 1. The highest BCUT2D eigenvalue weighted by atomic mass is 16.5. The largest absolute Gasteiger partial charge is 0.494 e. The molecule has 1 amide bonds. The number of amides is 1. The lowest BCUT2D eigenvalue weighted by Crippen LogP contribution is -2.36. The zero-order chi connectivity index (χ0) is 22.9. The van der Waals surface area contributed by atoms with E-state index in [2.05, 4.69) is 6.92 Å². The van der Waals surface area contributed by atoms with Crippen molar-refractivity contribution in [1.29, 1.82) is 0 Å². The van der Waals surface area contributed by atoms with Crippen molar-refractivity contribution in [2.45, 2.75) is 51.7 Å². The maximum absolute atomic E-state index is 13.7. The fourth-order valence-electron chi connectivity index (χ4n) is 4.79. The van der Waals surface area contributed by atoms with E-state index in [4.69, 9.17) is 13.9 Å². The second kappa shape index (κ2) is 9.02. The van der Waals surface area contributed by atoms with Crippen molar-refractivity contribution in [3.05, 3.63) is 75.1 Å². The molecular formula is C27H29NO5. The van der Waals surface area contributed by atoms with Gasteiger partial charge in [-0.15, -0.1) is 0 Å². The van der Waals surface area contributed by atoms with Crippen molar-refractivity contribution >= 4 is 16.9 Å². The minimum atomic E-state index is -0.535. The number of hydrogen-bond acceptors (Lipinski definition) is 5. The molecule has 2 atom stereocenters. The van der Waals surface area contributed by atoms with Crippen LogP contribution in [0, 0.1) is 6.92 Å². The van der Waals surface area contributed by atoms with Crippen LogP contribution < -0.4 is 10.2 Å². The number of hydrogen-bond donors (Lipinski definition) is 0. The number of ether oxygens (including phenoxy) is 2. The number of benzene rings is 2. The summed E-state index contributed by atoms with van der Waals surface area (Å²) in [7, 11) is 0. The fourth-order valence-corrected chi connectivity index (χ4v) is 4.79. The summed E-state index contributed by atoms with van der Waals surface area (Å²) in [6.07, 6.45) is 3.85. The van der Waals surface area contributed by atoms with E-state index >= 15 is 0 Å². The average molecular weight is 448 g/mol. The van der Waals surface area contributed by atoms with Crippen molar-refractivity contribution in [3.63, 3.8) is 0 Å². The Hall–Kier alpha value is -3.12. The highest BCUT2D eigenvalue weighted by molar-refractivity contribution is 5.99. The Morgan fingerprint density at radius 3 is 2.82 bits per heavy atom. The molecule has 172 valence electrons. The van der Waals surface area contributed by atoms with Crippen LogP contribution in [-0.4, -0.2) is 36.7 Å². The van der Waals surface area contributed by atoms with E-state index in [1.165, 1.54) is 0 Å². The third kappa shape index (κ3) is 4.04. The molecule has 5 rings (SSSR count). The van der Waals surface area contributed by atoms with Crippen LogP contribution in [0.1, 0.15) is 65.9 Å². The van der Waals surface area contributed by atoms with Gasteiger partial charge < -0.3 is 18.8 Å². The van der Waals surface area contributed by atoms with Gasteiger partial charge in [0.1, 0.15) is 11.3 Å². The molecule has 3 aromatic rings. The molecule has 2 aliphatic rings. The van der Waals surface area contributed by atoms with Crippen molar-refractivity contribution in [2.75, 3.05) is 19.8 Å². The topological polar surface area (TPSA) is 69.0 Å². The van der Waals surface area contributed by atoms with Crippen molar-refractivity contribution in [3.8, 4) is 5.75 Å². The Bertz CT molecular complexity index is 1240. The maximum Gasteiger partial charge on any atom is 0.291 e. The number of carbonyl (C=O) groups excluding carboxylic acids is 1.